The van der Waals surface area contributed by atoms with Crippen molar-refractivity contribution in [3.8, 4) is 0 Å². The van der Waals surface area contributed by atoms with Crippen molar-refractivity contribution in [1.82, 2.24) is 4.90 Å². The summed E-state index contributed by atoms with van der Waals surface area (Å²) in [4.78, 5) is 27.7. The first-order chi connectivity index (χ1) is 13.1. The van der Waals surface area contributed by atoms with Crippen LogP contribution < -0.4 is 5.32 Å². The van der Waals surface area contributed by atoms with Gasteiger partial charge in [0.2, 0.25) is 5.91 Å². The Morgan fingerprint density at radius 1 is 1.19 bits per heavy atom. The molecule has 0 aliphatic carbocycles. The Hall–Kier alpha value is -2.55. The predicted molar refractivity (Wildman–Crippen MR) is 107 cm³/mol. The van der Waals surface area contributed by atoms with Crippen LogP contribution in [0.3, 0.4) is 0 Å². The number of amides is 1. The van der Waals surface area contributed by atoms with Crippen LogP contribution in [-0.4, -0.2) is 28.8 Å². The maximum Gasteiger partial charge on any atom is 0.269 e. The van der Waals surface area contributed by atoms with Crippen molar-refractivity contribution in [3.05, 3.63) is 78.7 Å². The number of benzene rings is 1. The zero-order chi connectivity index (χ0) is 18.8. The largest absolute Gasteiger partial charge is 0.325 e. The Morgan fingerprint density at radius 3 is 2.70 bits per heavy atom. The van der Waals surface area contributed by atoms with Crippen LogP contribution in [0.1, 0.15) is 21.4 Å². The minimum absolute atomic E-state index is 0.00627. The predicted octanol–water partition coefficient (Wildman–Crippen LogP) is 4.30. The Morgan fingerprint density at radius 2 is 2.00 bits per heavy atom. The van der Waals surface area contributed by atoms with Gasteiger partial charge in [0.15, 0.2) is 0 Å². The summed E-state index contributed by atoms with van der Waals surface area (Å²) in [5.41, 5.74) is 1.86. The van der Waals surface area contributed by atoms with Crippen LogP contribution in [0.5, 0.6) is 0 Å². The van der Waals surface area contributed by atoms with E-state index in [1.54, 1.807) is 34.8 Å². The molecule has 0 saturated carbocycles. The van der Waals surface area contributed by atoms with E-state index in [0.717, 1.165) is 13.0 Å². The monoisotopic (exact) mass is 399 g/mol. The Balaban J connectivity index is 1.49. The number of non-ortho nitro benzene ring substituents is 1. The van der Waals surface area contributed by atoms with Crippen molar-refractivity contribution >= 4 is 40.0 Å². The summed E-state index contributed by atoms with van der Waals surface area (Å²) in [5, 5.41) is 17.8. The van der Waals surface area contributed by atoms with Gasteiger partial charge in [-0.25, -0.2) is 0 Å². The molecule has 27 heavy (non-hydrogen) atoms. The van der Waals surface area contributed by atoms with Crippen molar-refractivity contribution in [3.63, 3.8) is 0 Å². The number of hydrogen-bond acceptors (Lipinski definition) is 6. The van der Waals surface area contributed by atoms with Gasteiger partial charge in [-0.3, -0.25) is 19.8 Å². The van der Waals surface area contributed by atoms with Crippen molar-refractivity contribution in [2.45, 2.75) is 12.5 Å². The van der Waals surface area contributed by atoms with Gasteiger partial charge in [-0.15, -0.1) is 22.7 Å². The van der Waals surface area contributed by atoms with Crippen molar-refractivity contribution < 1.29 is 9.72 Å². The number of nitrogens with zero attached hydrogens (tertiary/aromatic N) is 2. The van der Waals surface area contributed by atoms with Gasteiger partial charge < -0.3 is 5.32 Å². The molecule has 3 heterocycles. The molecule has 0 spiro atoms. The molecule has 1 aromatic carbocycles. The zero-order valence-corrected chi connectivity index (χ0v) is 16.0. The molecule has 1 atom stereocenters. The number of carbonyl (C=O) groups excluding carboxylic acids is 1. The second-order valence-corrected chi connectivity index (χ2v) is 8.27. The first kappa shape index (κ1) is 17.8. The third-order valence-electron chi connectivity index (χ3n) is 4.59. The number of nitrogens with one attached hydrogen (secondary N) is 1. The van der Waals surface area contributed by atoms with Crippen LogP contribution in [0.15, 0.2) is 53.2 Å². The maximum atomic E-state index is 12.6. The molecule has 0 unspecified atom stereocenters. The molecule has 8 heteroatoms. The molecule has 1 aliphatic heterocycles. The first-order valence-corrected chi connectivity index (χ1v) is 10.3. The number of thiophene rings is 2. The molecule has 0 radical (unpaired) electrons. The van der Waals surface area contributed by atoms with Gasteiger partial charge in [0.25, 0.3) is 5.69 Å². The number of hydrogen-bond donors (Lipinski definition) is 1. The molecular weight excluding hydrogens is 382 g/mol. The minimum atomic E-state index is -0.455. The average Bonchev–Trinajstić information content (AvgIpc) is 3.33. The fourth-order valence-electron chi connectivity index (χ4n) is 3.37. The van der Waals surface area contributed by atoms with E-state index in [1.807, 2.05) is 6.07 Å². The topological polar surface area (TPSA) is 75.5 Å². The van der Waals surface area contributed by atoms with Crippen LogP contribution >= 0.6 is 22.7 Å². The molecule has 0 bridgehead atoms. The zero-order valence-electron chi connectivity index (χ0n) is 14.3. The van der Waals surface area contributed by atoms with E-state index in [4.69, 9.17) is 0 Å². The molecule has 6 nitrogen and oxygen atoms in total. The lowest BCUT2D eigenvalue weighted by Crippen LogP contribution is -2.40. The molecule has 1 N–H and O–H groups in total. The van der Waals surface area contributed by atoms with Crippen LogP contribution in [-0.2, 0) is 11.2 Å². The Bertz CT molecular complexity index is 951. The SMILES string of the molecule is O=C(CN1CCc2sccc2[C@@H]1c1cccs1)Nc1ccc([N+](=O)[O-])cc1. The number of nitro benzene ring substituents is 1. The number of nitro groups is 1. The third-order valence-corrected chi connectivity index (χ3v) is 6.51. The summed E-state index contributed by atoms with van der Waals surface area (Å²) in [6.45, 7) is 1.10. The fourth-order valence-corrected chi connectivity index (χ4v) is 5.15. The smallest absolute Gasteiger partial charge is 0.269 e. The molecule has 4 rings (SSSR count). The fraction of sp³-hybridized carbons (Fsp3) is 0.211. The lowest BCUT2D eigenvalue weighted by atomic mass is 9.98. The Labute approximate surface area is 164 Å². The van der Waals surface area contributed by atoms with Gasteiger partial charge in [-0.1, -0.05) is 6.07 Å². The van der Waals surface area contributed by atoms with E-state index in [-0.39, 0.29) is 24.2 Å². The van der Waals surface area contributed by atoms with Crippen LogP contribution in [0.25, 0.3) is 0 Å². The highest BCUT2D eigenvalue weighted by molar-refractivity contribution is 7.10. The molecule has 0 fully saturated rings. The summed E-state index contributed by atoms with van der Waals surface area (Å²) in [7, 11) is 0. The van der Waals surface area contributed by atoms with Gasteiger partial charge in [-0.05, 0) is 47.0 Å². The minimum Gasteiger partial charge on any atom is -0.325 e. The molecule has 3 aromatic rings. The number of rotatable bonds is 5. The molecule has 1 amide bonds. The lowest BCUT2D eigenvalue weighted by Gasteiger charge is -2.34. The third kappa shape index (κ3) is 3.78. The van der Waals surface area contributed by atoms with Crippen LogP contribution in [0.2, 0.25) is 0 Å². The molecule has 138 valence electrons. The summed E-state index contributed by atoms with van der Waals surface area (Å²) >= 11 is 3.48. The van der Waals surface area contributed by atoms with Gasteiger partial charge >= 0.3 is 0 Å². The molecular formula is C19H17N3O3S2. The van der Waals surface area contributed by atoms with E-state index < -0.39 is 4.92 Å². The first-order valence-electron chi connectivity index (χ1n) is 8.50. The van der Waals surface area contributed by atoms with Crippen LogP contribution in [0, 0.1) is 10.1 Å². The van der Waals surface area contributed by atoms with Gasteiger partial charge in [0.05, 0.1) is 17.5 Å². The second kappa shape index (κ2) is 7.59. The number of anilines is 1. The van der Waals surface area contributed by atoms with Crippen molar-refractivity contribution in [2.75, 3.05) is 18.4 Å². The second-order valence-electron chi connectivity index (χ2n) is 6.29. The Kier molecular flexibility index (Phi) is 5.02. The van der Waals surface area contributed by atoms with E-state index >= 15 is 0 Å². The van der Waals surface area contributed by atoms with Gasteiger partial charge in [0, 0.05) is 34.1 Å². The average molecular weight is 399 g/mol. The van der Waals surface area contributed by atoms with E-state index in [9.17, 15) is 14.9 Å². The van der Waals surface area contributed by atoms with E-state index in [0.29, 0.717) is 5.69 Å². The van der Waals surface area contributed by atoms with E-state index in [1.165, 1.54) is 27.5 Å². The normalized spacial score (nSPS) is 16.7. The number of fused-ring (bicyclic) bond motifs is 1. The summed E-state index contributed by atoms with van der Waals surface area (Å²) in [6.07, 6.45) is 0.944. The summed E-state index contributed by atoms with van der Waals surface area (Å²) in [6, 6.07) is 12.3. The lowest BCUT2D eigenvalue weighted by molar-refractivity contribution is -0.384. The van der Waals surface area contributed by atoms with Crippen molar-refractivity contribution in [1.29, 1.82) is 0 Å². The standard InChI is InChI=1S/C19H17N3O3S2/c23-18(20-13-3-5-14(6-4-13)22(24)25)12-21-9-7-16-15(8-11-27-16)19(21)17-2-1-10-26-17/h1-6,8,10-11,19H,7,9,12H2,(H,20,23)/t19-/m1/s1. The maximum absolute atomic E-state index is 12.6. The summed E-state index contributed by atoms with van der Waals surface area (Å²) in [5.74, 6) is -0.121. The highest BCUT2D eigenvalue weighted by Crippen LogP contribution is 2.39. The van der Waals surface area contributed by atoms with E-state index in [2.05, 4.69) is 33.1 Å². The van der Waals surface area contributed by atoms with Gasteiger partial charge in [-0.2, -0.15) is 0 Å². The summed E-state index contributed by atoms with van der Waals surface area (Å²) < 4.78 is 0. The highest BCUT2D eigenvalue weighted by atomic mass is 32.1. The number of carbonyl (C=O) groups is 1. The van der Waals surface area contributed by atoms with Gasteiger partial charge in [0.1, 0.15) is 0 Å². The molecule has 0 saturated heterocycles. The molecule has 1 aliphatic rings. The van der Waals surface area contributed by atoms with Crippen molar-refractivity contribution in [2.24, 2.45) is 0 Å². The molecule has 2 aromatic heterocycles. The highest BCUT2D eigenvalue weighted by Gasteiger charge is 2.31. The quantitative estimate of drug-likeness (QED) is 0.513. The van der Waals surface area contributed by atoms with Crippen LogP contribution in [0.4, 0.5) is 11.4 Å².